The van der Waals surface area contributed by atoms with Gasteiger partial charge in [0.1, 0.15) is 0 Å². The SMILES string of the molecule is O=C(CN1CCOCC1)Nc1ccccc1-c1nccc(-c2cc3c([nH]2)CCNC3=O)n1. The van der Waals surface area contributed by atoms with Gasteiger partial charge >= 0.3 is 0 Å². The maximum Gasteiger partial charge on any atom is 0.253 e. The van der Waals surface area contributed by atoms with Crippen molar-refractivity contribution in [2.75, 3.05) is 44.7 Å². The molecule has 0 spiro atoms. The van der Waals surface area contributed by atoms with Gasteiger partial charge in [0.2, 0.25) is 5.91 Å². The van der Waals surface area contributed by atoms with E-state index in [4.69, 9.17) is 9.72 Å². The highest BCUT2D eigenvalue weighted by Gasteiger charge is 2.21. The molecular weight excluding hydrogens is 408 g/mol. The Morgan fingerprint density at radius 2 is 2.00 bits per heavy atom. The molecule has 3 N–H and O–H groups in total. The summed E-state index contributed by atoms with van der Waals surface area (Å²) < 4.78 is 5.34. The molecule has 164 valence electrons. The molecule has 1 fully saturated rings. The van der Waals surface area contributed by atoms with Gasteiger partial charge in [-0.05, 0) is 24.3 Å². The molecule has 32 heavy (non-hydrogen) atoms. The number of nitrogens with zero attached hydrogens (tertiary/aromatic N) is 3. The number of carbonyl (C=O) groups excluding carboxylic acids is 2. The first kappa shape index (κ1) is 20.3. The minimum Gasteiger partial charge on any atom is -0.379 e. The maximum atomic E-state index is 12.6. The Bertz CT molecular complexity index is 1150. The Labute approximate surface area is 185 Å². The van der Waals surface area contributed by atoms with Crippen LogP contribution in [-0.2, 0) is 16.0 Å². The molecule has 2 amide bonds. The highest BCUT2D eigenvalue weighted by atomic mass is 16.5. The summed E-state index contributed by atoms with van der Waals surface area (Å²) in [6.07, 6.45) is 2.45. The van der Waals surface area contributed by atoms with Crippen molar-refractivity contribution < 1.29 is 14.3 Å². The van der Waals surface area contributed by atoms with Crippen molar-refractivity contribution in [2.45, 2.75) is 6.42 Å². The van der Waals surface area contributed by atoms with Crippen LogP contribution in [0.2, 0.25) is 0 Å². The van der Waals surface area contributed by atoms with Crippen LogP contribution < -0.4 is 10.6 Å². The molecule has 1 aromatic carbocycles. The number of anilines is 1. The Balaban J connectivity index is 1.39. The summed E-state index contributed by atoms with van der Waals surface area (Å²) in [5.74, 6) is 0.344. The van der Waals surface area contributed by atoms with Gasteiger partial charge in [0, 0.05) is 43.5 Å². The number of nitrogens with one attached hydrogen (secondary N) is 3. The molecule has 1 saturated heterocycles. The molecule has 4 heterocycles. The molecule has 3 aromatic rings. The van der Waals surface area contributed by atoms with Crippen LogP contribution in [0.25, 0.3) is 22.8 Å². The number of hydrogen-bond donors (Lipinski definition) is 3. The standard InChI is InChI=1S/C23H24N6O3/c30-21(14-29-9-11-32-12-10-29)27-17-4-2-1-3-15(17)22-24-7-6-19(28-22)20-13-16-18(26-20)5-8-25-23(16)31/h1-4,6-7,13,26H,5,8-12,14H2,(H,25,31)(H,27,30). The number of hydrogen-bond acceptors (Lipinski definition) is 6. The number of carbonyl (C=O) groups is 2. The first-order valence-electron chi connectivity index (χ1n) is 10.7. The molecular formula is C23H24N6O3. The molecule has 0 saturated carbocycles. The monoisotopic (exact) mass is 432 g/mol. The number of fused-ring (bicyclic) bond motifs is 1. The average molecular weight is 432 g/mol. The average Bonchev–Trinajstić information content (AvgIpc) is 3.26. The van der Waals surface area contributed by atoms with Gasteiger partial charge in [0.25, 0.3) is 5.91 Å². The number of aromatic amines is 1. The number of morpholine rings is 1. The van der Waals surface area contributed by atoms with Gasteiger partial charge in [-0.2, -0.15) is 0 Å². The molecule has 0 atom stereocenters. The summed E-state index contributed by atoms with van der Waals surface area (Å²) in [5.41, 5.74) is 4.42. The van der Waals surface area contributed by atoms with E-state index in [-0.39, 0.29) is 11.8 Å². The number of para-hydroxylation sites is 1. The predicted octanol–water partition coefficient (Wildman–Crippen LogP) is 1.70. The molecule has 0 aliphatic carbocycles. The van der Waals surface area contributed by atoms with Crippen LogP contribution in [0.3, 0.4) is 0 Å². The summed E-state index contributed by atoms with van der Waals surface area (Å²) in [6.45, 7) is 3.73. The topological polar surface area (TPSA) is 112 Å². The number of aromatic nitrogens is 3. The van der Waals surface area contributed by atoms with Gasteiger partial charge in [0.05, 0.1) is 42.4 Å². The quantitative estimate of drug-likeness (QED) is 0.566. The van der Waals surface area contributed by atoms with E-state index in [0.29, 0.717) is 49.1 Å². The van der Waals surface area contributed by atoms with E-state index in [1.54, 1.807) is 12.3 Å². The Kier molecular flexibility index (Phi) is 5.66. The minimum absolute atomic E-state index is 0.0728. The van der Waals surface area contributed by atoms with Crippen LogP contribution in [0.1, 0.15) is 16.1 Å². The van der Waals surface area contributed by atoms with Crippen molar-refractivity contribution >= 4 is 17.5 Å². The molecule has 0 radical (unpaired) electrons. The highest BCUT2D eigenvalue weighted by molar-refractivity contribution is 5.98. The summed E-state index contributed by atoms with van der Waals surface area (Å²) in [4.78, 5) is 39.2. The fourth-order valence-corrected chi connectivity index (χ4v) is 4.01. The van der Waals surface area contributed by atoms with Crippen LogP contribution in [0.5, 0.6) is 0 Å². The van der Waals surface area contributed by atoms with Gasteiger partial charge in [-0.1, -0.05) is 12.1 Å². The van der Waals surface area contributed by atoms with Gasteiger partial charge in [-0.25, -0.2) is 9.97 Å². The molecule has 0 unspecified atom stereocenters. The van der Waals surface area contributed by atoms with Gasteiger partial charge in [-0.15, -0.1) is 0 Å². The molecule has 2 aromatic heterocycles. The number of ether oxygens (including phenoxy) is 1. The number of rotatable bonds is 5. The lowest BCUT2D eigenvalue weighted by Gasteiger charge is -2.25. The second kappa shape index (κ2) is 8.89. The molecule has 9 nitrogen and oxygen atoms in total. The van der Waals surface area contributed by atoms with Crippen LogP contribution in [0.15, 0.2) is 42.6 Å². The van der Waals surface area contributed by atoms with Crippen LogP contribution >= 0.6 is 0 Å². The van der Waals surface area contributed by atoms with Crippen molar-refractivity contribution in [3.8, 4) is 22.8 Å². The van der Waals surface area contributed by atoms with E-state index in [1.807, 2.05) is 30.3 Å². The second-order valence-electron chi connectivity index (χ2n) is 7.83. The third-order valence-corrected chi connectivity index (χ3v) is 5.65. The van der Waals surface area contributed by atoms with E-state index in [2.05, 4.69) is 25.5 Å². The Hall–Kier alpha value is -3.56. The first-order chi connectivity index (χ1) is 15.7. The van der Waals surface area contributed by atoms with Crippen LogP contribution in [0, 0.1) is 0 Å². The van der Waals surface area contributed by atoms with Crippen molar-refractivity contribution in [1.29, 1.82) is 0 Å². The van der Waals surface area contributed by atoms with E-state index in [0.717, 1.165) is 36.5 Å². The highest BCUT2D eigenvalue weighted by Crippen LogP contribution is 2.28. The lowest BCUT2D eigenvalue weighted by atomic mass is 10.1. The zero-order valence-corrected chi connectivity index (χ0v) is 17.6. The van der Waals surface area contributed by atoms with Gasteiger partial charge in [-0.3, -0.25) is 14.5 Å². The lowest BCUT2D eigenvalue weighted by molar-refractivity contribution is -0.118. The van der Waals surface area contributed by atoms with Gasteiger partial charge < -0.3 is 20.4 Å². The summed E-state index contributed by atoms with van der Waals surface area (Å²) in [5, 5.41) is 5.85. The van der Waals surface area contributed by atoms with E-state index in [1.165, 1.54) is 0 Å². The zero-order valence-electron chi connectivity index (χ0n) is 17.6. The first-order valence-corrected chi connectivity index (χ1v) is 10.7. The Morgan fingerprint density at radius 3 is 2.84 bits per heavy atom. The largest absolute Gasteiger partial charge is 0.379 e. The summed E-state index contributed by atoms with van der Waals surface area (Å²) >= 11 is 0. The fourth-order valence-electron chi connectivity index (χ4n) is 4.01. The predicted molar refractivity (Wildman–Crippen MR) is 119 cm³/mol. The summed E-state index contributed by atoms with van der Waals surface area (Å²) in [7, 11) is 0. The zero-order chi connectivity index (χ0) is 21.9. The minimum atomic E-state index is -0.0847. The second-order valence-corrected chi connectivity index (χ2v) is 7.83. The van der Waals surface area contributed by atoms with E-state index < -0.39 is 0 Å². The van der Waals surface area contributed by atoms with E-state index >= 15 is 0 Å². The molecule has 2 aliphatic heterocycles. The smallest absolute Gasteiger partial charge is 0.253 e. The number of H-pyrrole nitrogens is 1. The van der Waals surface area contributed by atoms with Gasteiger partial charge in [0.15, 0.2) is 5.82 Å². The fraction of sp³-hybridized carbons (Fsp3) is 0.304. The lowest BCUT2D eigenvalue weighted by Crippen LogP contribution is -2.41. The van der Waals surface area contributed by atoms with E-state index in [9.17, 15) is 9.59 Å². The third kappa shape index (κ3) is 4.25. The van der Waals surface area contributed by atoms with Crippen molar-refractivity contribution in [3.63, 3.8) is 0 Å². The van der Waals surface area contributed by atoms with Crippen molar-refractivity contribution in [2.24, 2.45) is 0 Å². The van der Waals surface area contributed by atoms with Crippen LogP contribution in [-0.4, -0.2) is 71.1 Å². The maximum absolute atomic E-state index is 12.6. The molecule has 9 heteroatoms. The van der Waals surface area contributed by atoms with Crippen molar-refractivity contribution in [3.05, 3.63) is 53.9 Å². The normalized spacial score (nSPS) is 16.3. The third-order valence-electron chi connectivity index (χ3n) is 5.65. The number of amides is 2. The summed E-state index contributed by atoms with van der Waals surface area (Å²) in [6, 6.07) is 11.1. The van der Waals surface area contributed by atoms with Crippen LogP contribution in [0.4, 0.5) is 5.69 Å². The van der Waals surface area contributed by atoms with Crippen molar-refractivity contribution in [1.82, 2.24) is 25.2 Å². The number of benzene rings is 1. The molecule has 0 bridgehead atoms. The molecule has 5 rings (SSSR count). The Morgan fingerprint density at radius 1 is 1.16 bits per heavy atom. The molecule has 2 aliphatic rings.